The maximum absolute atomic E-state index is 13.2. The lowest BCUT2D eigenvalue weighted by atomic mass is 9.82. The molecule has 5 nitrogen and oxygen atoms in total. The topological polar surface area (TPSA) is 67.6 Å². The van der Waals surface area contributed by atoms with Gasteiger partial charge in [-0.1, -0.05) is 11.6 Å². The van der Waals surface area contributed by atoms with Crippen molar-refractivity contribution in [3.05, 3.63) is 28.8 Å². The third-order valence-electron chi connectivity index (χ3n) is 6.01. The van der Waals surface area contributed by atoms with Gasteiger partial charge in [-0.2, -0.15) is 5.26 Å². The van der Waals surface area contributed by atoms with E-state index in [0.717, 1.165) is 38.5 Å². The van der Waals surface area contributed by atoms with Gasteiger partial charge in [-0.05, 0) is 88.7 Å². The van der Waals surface area contributed by atoms with E-state index in [0.29, 0.717) is 27.3 Å². The van der Waals surface area contributed by atoms with Gasteiger partial charge in [0.1, 0.15) is 11.6 Å². The Morgan fingerprint density at radius 3 is 2.57 bits per heavy atom. The minimum absolute atomic E-state index is 0.0688. The Labute approximate surface area is 176 Å². The fourth-order valence-electron chi connectivity index (χ4n) is 4.46. The zero-order chi connectivity index (χ0) is 20.5. The minimum atomic E-state index is -0.722. The Morgan fingerprint density at radius 1 is 1.32 bits per heavy atom. The van der Waals surface area contributed by atoms with Crippen LogP contribution in [0.25, 0.3) is 0 Å². The summed E-state index contributed by atoms with van der Waals surface area (Å²) in [5.74, 6) is 0.576. The Bertz CT molecular complexity index is 812. The number of amides is 1. The van der Waals surface area contributed by atoms with Gasteiger partial charge in [0.15, 0.2) is 5.11 Å². The highest BCUT2D eigenvalue weighted by molar-refractivity contribution is 7.80. The number of nitrogens with zero attached hydrogens (tertiary/aromatic N) is 3. The number of benzene rings is 1. The lowest BCUT2D eigenvalue weighted by Crippen LogP contribution is -2.51. The molecule has 1 amide bonds. The highest BCUT2D eigenvalue weighted by Crippen LogP contribution is 2.40. The summed E-state index contributed by atoms with van der Waals surface area (Å²) in [6, 6.07) is 7.25. The SMILES string of the molecule is CC1(C)C(=O)N(c2ccc(C#N)c(Cl)c2)C(=S)N1[C@H]1CC[C@H](CCCO)CC1. The molecule has 1 N–H and O–H groups in total. The monoisotopic (exact) mass is 419 g/mol. The van der Waals surface area contributed by atoms with Crippen molar-refractivity contribution in [3.63, 3.8) is 0 Å². The van der Waals surface area contributed by atoms with E-state index in [-0.39, 0.29) is 18.6 Å². The number of aliphatic hydroxyl groups is 1. The van der Waals surface area contributed by atoms with Crippen molar-refractivity contribution in [2.45, 2.75) is 64.0 Å². The average Bonchev–Trinajstić information content (AvgIpc) is 2.85. The van der Waals surface area contributed by atoms with Crippen molar-refractivity contribution < 1.29 is 9.90 Å². The summed E-state index contributed by atoms with van der Waals surface area (Å²) in [6.07, 6.45) is 6.10. The molecule has 0 atom stereocenters. The molecule has 1 aliphatic heterocycles. The number of carbonyl (C=O) groups excluding carboxylic acids is 1. The number of anilines is 1. The molecular weight excluding hydrogens is 394 g/mol. The molecule has 0 bridgehead atoms. The summed E-state index contributed by atoms with van der Waals surface area (Å²) >= 11 is 11.9. The molecule has 0 unspecified atom stereocenters. The first kappa shape index (κ1) is 21.0. The molecule has 1 saturated carbocycles. The van der Waals surface area contributed by atoms with Crippen LogP contribution in [0.4, 0.5) is 5.69 Å². The number of carbonyl (C=O) groups is 1. The van der Waals surface area contributed by atoms with Gasteiger partial charge < -0.3 is 10.0 Å². The third-order valence-corrected chi connectivity index (χ3v) is 6.70. The van der Waals surface area contributed by atoms with Crippen molar-refractivity contribution >= 4 is 40.5 Å². The molecule has 2 fully saturated rings. The van der Waals surface area contributed by atoms with Crippen molar-refractivity contribution in [1.82, 2.24) is 4.90 Å². The molecule has 28 heavy (non-hydrogen) atoms. The maximum Gasteiger partial charge on any atom is 0.258 e. The normalized spacial score (nSPS) is 24.5. The molecule has 7 heteroatoms. The van der Waals surface area contributed by atoms with Gasteiger partial charge in [-0.15, -0.1) is 0 Å². The molecule has 1 aliphatic carbocycles. The number of hydrogen-bond acceptors (Lipinski definition) is 4. The summed E-state index contributed by atoms with van der Waals surface area (Å²) in [5, 5.41) is 19.0. The standard InChI is InChI=1S/C21H26ClN3O2S/c1-21(2)19(27)24(17-10-7-15(13-23)18(22)12-17)20(28)25(21)16-8-5-14(6-9-16)4-3-11-26/h7,10,12,14,16,26H,3-6,8-9,11H2,1-2H3/t14-,16-. The lowest BCUT2D eigenvalue weighted by Gasteiger charge is -2.41. The van der Waals surface area contributed by atoms with E-state index in [9.17, 15) is 4.79 Å². The largest absolute Gasteiger partial charge is 0.396 e. The predicted octanol–water partition coefficient (Wildman–Crippen LogP) is 4.26. The fourth-order valence-corrected chi connectivity index (χ4v) is 5.24. The van der Waals surface area contributed by atoms with Crippen LogP contribution in [0.2, 0.25) is 5.02 Å². The molecule has 0 radical (unpaired) electrons. The average molecular weight is 420 g/mol. The van der Waals surface area contributed by atoms with E-state index < -0.39 is 5.54 Å². The quantitative estimate of drug-likeness (QED) is 0.722. The van der Waals surface area contributed by atoms with E-state index >= 15 is 0 Å². The van der Waals surface area contributed by atoms with Crippen molar-refractivity contribution in [2.24, 2.45) is 5.92 Å². The Hall–Kier alpha value is -1.68. The number of hydrogen-bond donors (Lipinski definition) is 1. The fraction of sp³-hybridized carbons (Fsp3) is 0.571. The molecule has 0 spiro atoms. The molecule has 3 rings (SSSR count). The van der Waals surface area contributed by atoms with Gasteiger partial charge >= 0.3 is 0 Å². The maximum atomic E-state index is 13.2. The number of rotatable bonds is 5. The summed E-state index contributed by atoms with van der Waals surface area (Å²) in [6.45, 7) is 4.09. The van der Waals surface area contributed by atoms with Crippen LogP contribution in [0.3, 0.4) is 0 Å². The molecule has 1 heterocycles. The Balaban J connectivity index is 1.81. The molecular formula is C21H26ClN3O2S. The van der Waals surface area contributed by atoms with E-state index in [4.69, 9.17) is 34.2 Å². The van der Waals surface area contributed by atoms with E-state index in [1.807, 2.05) is 19.9 Å². The smallest absolute Gasteiger partial charge is 0.258 e. The van der Waals surface area contributed by atoms with Crippen molar-refractivity contribution in [3.8, 4) is 6.07 Å². The van der Waals surface area contributed by atoms with E-state index in [1.165, 1.54) is 0 Å². The summed E-state index contributed by atoms with van der Waals surface area (Å²) in [7, 11) is 0. The van der Waals surface area contributed by atoms with Crippen LogP contribution in [-0.4, -0.2) is 39.2 Å². The second-order valence-corrected chi connectivity index (χ2v) is 8.94. The number of halogens is 1. The van der Waals surface area contributed by atoms with Gasteiger partial charge in [0, 0.05) is 12.6 Å². The predicted molar refractivity (Wildman–Crippen MR) is 114 cm³/mol. The first-order chi connectivity index (χ1) is 13.3. The lowest BCUT2D eigenvalue weighted by molar-refractivity contribution is -0.124. The second kappa shape index (κ2) is 8.36. The second-order valence-electron chi connectivity index (χ2n) is 8.17. The zero-order valence-electron chi connectivity index (χ0n) is 16.3. The first-order valence-electron chi connectivity index (χ1n) is 9.79. The molecule has 1 aromatic carbocycles. The molecule has 150 valence electrons. The minimum Gasteiger partial charge on any atom is -0.396 e. The highest BCUT2D eigenvalue weighted by Gasteiger charge is 2.52. The van der Waals surface area contributed by atoms with Gasteiger partial charge in [0.2, 0.25) is 0 Å². The van der Waals surface area contributed by atoms with Crippen LogP contribution >= 0.6 is 23.8 Å². The van der Waals surface area contributed by atoms with Crippen LogP contribution in [0.15, 0.2) is 18.2 Å². The third kappa shape index (κ3) is 3.76. The van der Waals surface area contributed by atoms with Crippen LogP contribution in [0.5, 0.6) is 0 Å². The van der Waals surface area contributed by atoms with Gasteiger partial charge in [0.25, 0.3) is 5.91 Å². The molecule has 1 saturated heterocycles. The van der Waals surface area contributed by atoms with E-state index in [2.05, 4.69) is 4.90 Å². The van der Waals surface area contributed by atoms with E-state index in [1.54, 1.807) is 23.1 Å². The van der Waals surface area contributed by atoms with Crippen LogP contribution < -0.4 is 4.90 Å². The number of thiocarbonyl (C=S) groups is 1. The summed E-state index contributed by atoms with van der Waals surface area (Å²) in [5.41, 5.74) is 0.256. The molecule has 1 aromatic rings. The van der Waals surface area contributed by atoms with Gasteiger partial charge in [-0.25, -0.2) is 0 Å². The summed E-state index contributed by atoms with van der Waals surface area (Å²) in [4.78, 5) is 16.9. The number of nitriles is 1. The van der Waals surface area contributed by atoms with Gasteiger partial charge in [0.05, 0.1) is 16.3 Å². The number of aliphatic hydroxyl groups excluding tert-OH is 1. The van der Waals surface area contributed by atoms with Crippen LogP contribution in [-0.2, 0) is 4.79 Å². The zero-order valence-corrected chi connectivity index (χ0v) is 17.9. The van der Waals surface area contributed by atoms with Gasteiger partial charge in [-0.3, -0.25) is 9.69 Å². The Kier molecular flexibility index (Phi) is 6.28. The van der Waals surface area contributed by atoms with Crippen molar-refractivity contribution in [1.29, 1.82) is 5.26 Å². The highest BCUT2D eigenvalue weighted by atomic mass is 35.5. The molecule has 2 aliphatic rings. The van der Waals surface area contributed by atoms with Crippen molar-refractivity contribution in [2.75, 3.05) is 11.5 Å². The molecule has 0 aromatic heterocycles. The first-order valence-corrected chi connectivity index (χ1v) is 10.6. The van der Waals surface area contributed by atoms with Crippen LogP contribution in [0.1, 0.15) is 57.9 Å². The summed E-state index contributed by atoms with van der Waals surface area (Å²) < 4.78 is 0. The van der Waals surface area contributed by atoms with Crippen LogP contribution in [0, 0.1) is 17.2 Å². The Morgan fingerprint density at radius 2 is 2.00 bits per heavy atom.